The largest absolute Gasteiger partial charge is 0.316 e. The van der Waals surface area contributed by atoms with Crippen molar-refractivity contribution in [3.05, 3.63) is 52.0 Å². The quantitative estimate of drug-likeness (QED) is 0.877. The molecular weight excluding hydrogens is 228 g/mol. The van der Waals surface area contributed by atoms with Crippen LogP contribution >= 0.6 is 11.3 Å². The van der Waals surface area contributed by atoms with Gasteiger partial charge in [-0.2, -0.15) is 0 Å². The van der Waals surface area contributed by atoms with E-state index in [1.54, 1.807) is 11.3 Å². The van der Waals surface area contributed by atoms with Gasteiger partial charge in [-0.1, -0.05) is 24.3 Å². The van der Waals surface area contributed by atoms with Gasteiger partial charge in [-0.25, -0.2) is 0 Å². The van der Waals surface area contributed by atoms with Crippen molar-refractivity contribution >= 4 is 11.3 Å². The van der Waals surface area contributed by atoms with Gasteiger partial charge in [-0.05, 0) is 37.9 Å². The Hall–Kier alpha value is -1.19. The average Bonchev–Trinajstić information content (AvgIpc) is 2.84. The normalized spacial score (nSPS) is 12.6. The molecule has 2 aromatic rings. The molecule has 0 aliphatic rings. The van der Waals surface area contributed by atoms with Gasteiger partial charge in [-0.15, -0.1) is 11.3 Å². The predicted octanol–water partition coefficient (Wildman–Crippen LogP) is 2.82. The fourth-order valence-electron chi connectivity index (χ4n) is 1.97. The monoisotopic (exact) mass is 246 g/mol. The van der Waals surface area contributed by atoms with Crippen LogP contribution in [0.3, 0.4) is 0 Å². The van der Waals surface area contributed by atoms with E-state index in [1.807, 2.05) is 18.8 Å². The molecular formula is C14H18N2S. The van der Waals surface area contributed by atoms with Crippen molar-refractivity contribution in [3.8, 4) is 0 Å². The van der Waals surface area contributed by atoms with E-state index in [4.69, 9.17) is 0 Å². The Morgan fingerprint density at radius 2 is 2.12 bits per heavy atom. The molecule has 2 nitrogen and oxygen atoms in total. The second kappa shape index (κ2) is 5.94. The Balaban J connectivity index is 2.03. The third-order valence-corrected chi connectivity index (χ3v) is 3.87. The SMILES string of the molecule is CNC(Cc1cncs1)Cc1ccccc1C. The van der Waals surface area contributed by atoms with Crippen LogP contribution in [0.2, 0.25) is 0 Å². The smallest absolute Gasteiger partial charge is 0.0794 e. The Morgan fingerprint density at radius 1 is 1.29 bits per heavy atom. The van der Waals surface area contributed by atoms with E-state index < -0.39 is 0 Å². The molecule has 0 radical (unpaired) electrons. The summed E-state index contributed by atoms with van der Waals surface area (Å²) in [4.78, 5) is 5.47. The molecule has 1 heterocycles. The highest BCUT2D eigenvalue weighted by Gasteiger charge is 2.10. The Labute approximate surface area is 107 Å². The predicted molar refractivity (Wildman–Crippen MR) is 73.5 cm³/mol. The number of aromatic nitrogens is 1. The van der Waals surface area contributed by atoms with E-state index in [0.29, 0.717) is 6.04 Å². The maximum absolute atomic E-state index is 4.12. The maximum atomic E-state index is 4.12. The van der Waals surface area contributed by atoms with Crippen LogP contribution in [-0.2, 0) is 12.8 Å². The number of hydrogen-bond acceptors (Lipinski definition) is 3. The molecule has 1 atom stereocenters. The lowest BCUT2D eigenvalue weighted by atomic mass is 9.99. The second-order valence-corrected chi connectivity index (χ2v) is 5.26. The zero-order chi connectivity index (χ0) is 12.1. The Morgan fingerprint density at radius 3 is 2.76 bits per heavy atom. The first kappa shape index (κ1) is 12.3. The van der Waals surface area contributed by atoms with Gasteiger partial charge >= 0.3 is 0 Å². The highest BCUT2D eigenvalue weighted by molar-refractivity contribution is 7.09. The summed E-state index contributed by atoms with van der Waals surface area (Å²) in [5.74, 6) is 0. The fourth-order valence-corrected chi connectivity index (χ4v) is 2.64. The number of benzene rings is 1. The molecule has 90 valence electrons. The van der Waals surface area contributed by atoms with Crippen molar-refractivity contribution in [1.82, 2.24) is 10.3 Å². The van der Waals surface area contributed by atoms with Crippen molar-refractivity contribution in [3.63, 3.8) is 0 Å². The molecule has 0 amide bonds. The van der Waals surface area contributed by atoms with Gasteiger partial charge in [0.2, 0.25) is 0 Å². The molecule has 1 aromatic heterocycles. The van der Waals surface area contributed by atoms with E-state index in [2.05, 4.69) is 41.5 Å². The fraction of sp³-hybridized carbons (Fsp3) is 0.357. The first-order valence-electron chi connectivity index (χ1n) is 5.88. The summed E-state index contributed by atoms with van der Waals surface area (Å²) < 4.78 is 0. The van der Waals surface area contributed by atoms with Crippen LogP contribution in [0.15, 0.2) is 36.0 Å². The lowest BCUT2D eigenvalue weighted by molar-refractivity contribution is 0.558. The van der Waals surface area contributed by atoms with Gasteiger partial charge in [0.15, 0.2) is 0 Å². The molecule has 3 heteroatoms. The van der Waals surface area contributed by atoms with Gasteiger partial charge in [0.25, 0.3) is 0 Å². The third kappa shape index (κ3) is 3.38. The molecule has 1 aromatic carbocycles. The third-order valence-electron chi connectivity index (χ3n) is 3.07. The van der Waals surface area contributed by atoms with Crippen LogP contribution in [0, 0.1) is 6.92 Å². The minimum atomic E-state index is 0.483. The van der Waals surface area contributed by atoms with E-state index in [-0.39, 0.29) is 0 Å². The lowest BCUT2D eigenvalue weighted by Gasteiger charge is -2.16. The zero-order valence-corrected chi connectivity index (χ0v) is 11.1. The zero-order valence-electron chi connectivity index (χ0n) is 10.3. The summed E-state index contributed by atoms with van der Waals surface area (Å²) in [6.45, 7) is 2.18. The molecule has 0 aliphatic heterocycles. The molecule has 0 aliphatic carbocycles. The van der Waals surface area contributed by atoms with E-state index in [9.17, 15) is 0 Å². The minimum Gasteiger partial charge on any atom is -0.316 e. The molecule has 17 heavy (non-hydrogen) atoms. The van der Waals surface area contributed by atoms with Gasteiger partial charge in [0.1, 0.15) is 0 Å². The highest BCUT2D eigenvalue weighted by Crippen LogP contribution is 2.14. The van der Waals surface area contributed by atoms with Crippen molar-refractivity contribution in [2.24, 2.45) is 0 Å². The van der Waals surface area contributed by atoms with Gasteiger partial charge < -0.3 is 5.32 Å². The van der Waals surface area contributed by atoms with E-state index >= 15 is 0 Å². The first-order valence-corrected chi connectivity index (χ1v) is 6.76. The van der Waals surface area contributed by atoms with E-state index in [1.165, 1.54) is 16.0 Å². The highest BCUT2D eigenvalue weighted by atomic mass is 32.1. The summed E-state index contributed by atoms with van der Waals surface area (Å²) in [6, 6.07) is 9.08. The van der Waals surface area contributed by atoms with Gasteiger partial charge in [-0.3, -0.25) is 4.98 Å². The summed E-state index contributed by atoms with van der Waals surface area (Å²) >= 11 is 1.73. The van der Waals surface area contributed by atoms with Crippen molar-refractivity contribution in [1.29, 1.82) is 0 Å². The van der Waals surface area contributed by atoms with Crippen molar-refractivity contribution in [2.45, 2.75) is 25.8 Å². The molecule has 0 spiro atoms. The molecule has 0 bridgehead atoms. The topological polar surface area (TPSA) is 24.9 Å². The number of likely N-dealkylation sites (N-methyl/N-ethyl adjacent to an activating group) is 1. The summed E-state index contributed by atoms with van der Waals surface area (Å²) in [5, 5.41) is 3.39. The molecule has 2 rings (SSSR count). The van der Waals surface area contributed by atoms with E-state index in [0.717, 1.165) is 12.8 Å². The minimum absolute atomic E-state index is 0.483. The number of nitrogens with zero attached hydrogens (tertiary/aromatic N) is 1. The van der Waals surface area contributed by atoms with Crippen LogP contribution < -0.4 is 5.32 Å². The summed E-state index contributed by atoms with van der Waals surface area (Å²) in [6.07, 6.45) is 4.09. The molecule has 0 fully saturated rings. The van der Waals surface area contributed by atoms with Crippen LogP contribution in [0.25, 0.3) is 0 Å². The molecule has 1 unspecified atom stereocenters. The van der Waals surface area contributed by atoms with Crippen LogP contribution in [0.1, 0.15) is 16.0 Å². The Kier molecular flexibility index (Phi) is 4.29. The van der Waals surface area contributed by atoms with Crippen LogP contribution in [0.5, 0.6) is 0 Å². The molecule has 1 N–H and O–H groups in total. The Bertz CT molecular complexity index is 451. The van der Waals surface area contributed by atoms with Crippen LogP contribution in [0.4, 0.5) is 0 Å². The number of thiazole rings is 1. The second-order valence-electron chi connectivity index (χ2n) is 4.29. The summed E-state index contributed by atoms with van der Waals surface area (Å²) in [7, 11) is 2.03. The van der Waals surface area contributed by atoms with Crippen molar-refractivity contribution in [2.75, 3.05) is 7.05 Å². The van der Waals surface area contributed by atoms with Gasteiger partial charge in [0, 0.05) is 17.1 Å². The van der Waals surface area contributed by atoms with Gasteiger partial charge in [0.05, 0.1) is 5.51 Å². The number of hydrogen-bond donors (Lipinski definition) is 1. The number of aryl methyl sites for hydroxylation is 1. The maximum Gasteiger partial charge on any atom is 0.0794 e. The van der Waals surface area contributed by atoms with Crippen molar-refractivity contribution < 1.29 is 0 Å². The number of nitrogens with one attached hydrogen (secondary N) is 1. The standard InChI is InChI=1S/C14H18N2S/c1-11-5-3-4-6-12(11)7-13(15-2)8-14-9-16-10-17-14/h3-6,9-10,13,15H,7-8H2,1-2H3. The molecule has 0 saturated heterocycles. The average molecular weight is 246 g/mol. The first-order chi connectivity index (χ1) is 8.29. The summed E-state index contributed by atoms with van der Waals surface area (Å²) in [5.41, 5.74) is 4.70. The molecule has 0 saturated carbocycles. The van der Waals surface area contributed by atoms with Crippen LogP contribution in [-0.4, -0.2) is 18.1 Å². The number of rotatable bonds is 5. The lowest BCUT2D eigenvalue weighted by Crippen LogP contribution is -2.29.